The van der Waals surface area contributed by atoms with Crippen LogP contribution in [0.25, 0.3) is 0 Å². The molecular weight excluding hydrogens is 372 g/mol. The zero-order chi connectivity index (χ0) is 17.0. The molecule has 2 N–H and O–H groups in total. The molecule has 0 amide bonds. The van der Waals surface area contributed by atoms with Gasteiger partial charge in [-0.25, -0.2) is 0 Å². The van der Waals surface area contributed by atoms with Crippen molar-refractivity contribution >= 4 is 51.9 Å². The Bertz CT molecular complexity index is 708. The van der Waals surface area contributed by atoms with E-state index in [2.05, 4.69) is 15.4 Å². The predicted molar refractivity (Wildman–Crippen MR) is 89.4 cm³/mol. The highest BCUT2D eigenvalue weighted by molar-refractivity contribution is 7.80. The second-order valence-corrected chi connectivity index (χ2v) is 5.50. The smallest absolute Gasteiger partial charge is 0.406 e. The molecule has 0 spiro atoms. The molecule has 0 aromatic heterocycles. The molecule has 9 heteroatoms. The summed E-state index contributed by atoms with van der Waals surface area (Å²) in [6.07, 6.45) is -4.72. The summed E-state index contributed by atoms with van der Waals surface area (Å²) in [6, 6.07) is 10.1. The third kappa shape index (κ3) is 5.78. The maximum Gasteiger partial charge on any atom is 0.573 e. The number of hydrogen-bond donors (Lipinski definition) is 2. The number of ether oxygens (including phenoxy) is 1. The molecule has 3 nitrogen and oxygen atoms in total. The number of rotatable bonds is 3. The van der Waals surface area contributed by atoms with Crippen LogP contribution < -0.4 is 15.4 Å². The predicted octanol–water partition coefficient (Wildman–Crippen LogP) is 5.70. The summed E-state index contributed by atoms with van der Waals surface area (Å²) >= 11 is 16.8. The first kappa shape index (κ1) is 17.7. The number of halogens is 5. The van der Waals surface area contributed by atoms with E-state index in [0.717, 1.165) is 0 Å². The van der Waals surface area contributed by atoms with Crippen LogP contribution in [0, 0.1) is 0 Å². The van der Waals surface area contributed by atoms with Crippen LogP contribution in [0.15, 0.2) is 42.5 Å². The van der Waals surface area contributed by atoms with Gasteiger partial charge in [-0.05, 0) is 54.7 Å². The minimum absolute atomic E-state index is 0.243. The fourth-order valence-corrected chi connectivity index (χ4v) is 2.14. The van der Waals surface area contributed by atoms with Crippen molar-refractivity contribution in [2.24, 2.45) is 0 Å². The number of thiocarbonyl (C=S) groups is 1. The van der Waals surface area contributed by atoms with E-state index >= 15 is 0 Å². The van der Waals surface area contributed by atoms with Crippen LogP contribution >= 0.6 is 35.4 Å². The molecule has 0 aliphatic carbocycles. The van der Waals surface area contributed by atoms with Crippen LogP contribution in [0.3, 0.4) is 0 Å². The first-order valence-corrected chi connectivity index (χ1v) is 7.28. The van der Waals surface area contributed by atoms with E-state index in [1.54, 1.807) is 18.2 Å². The van der Waals surface area contributed by atoms with Crippen LogP contribution in [0.2, 0.25) is 10.0 Å². The van der Waals surface area contributed by atoms with Gasteiger partial charge in [-0.3, -0.25) is 0 Å². The van der Waals surface area contributed by atoms with E-state index in [0.29, 0.717) is 21.4 Å². The molecule has 0 heterocycles. The average Bonchev–Trinajstić information content (AvgIpc) is 2.43. The molecule has 0 fully saturated rings. The minimum Gasteiger partial charge on any atom is -0.406 e. The van der Waals surface area contributed by atoms with Crippen molar-refractivity contribution in [3.63, 3.8) is 0 Å². The summed E-state index contributed by atoms with van der Waals surface area (Å²) in [5, 5.41) is 6.72. The molecule has 0 aliphatic heterocycles. The van der Waals surface area contributed by atoms with Crippen LogP contribution in [0.5, 0.6) is 5.75 Å². The molecule has 0 saturated carbocycles. The molecule has 0 saturated heterocycles. The van der Waals surface area contributed by atoms with Crippen LogP contribution in [0.1, 0.15) is 0 Å². The first-order valence-electron chi connectivity index (χ1n) is 6.12. The zero-order valence-corrected chi connectivity index (χ0v) is 13.6. The van der Waals surface area contributed by atoms with Gasteiger partial charge in [0.15, 0.2) is 5.11 Å². The monoisotopic (exact) mass is 380 g/mol. The highest BCUT2D eigenvalue weighted by atomic mass is 35.5. The second-order valence-electron chi connectivity index (χ2n) is 4.28. The number of nitrogens with one attached hydrogen (secondary N) is 2. The summed E-state index contributed by atoms with van der Waals surface area (Å²) in [5.74, 6) is -0.314. The number of hydrogen-bond acceptors (Lipinski definition) is 2. The van der Waals surface area contributed by atoms with Gasteiger partial charge in [0.1, 0.15) is 5.75 Å². The highest BCUT2D eigenvalue weighted by Gasteiger charge is 2.30. The van der Waals surface area contributed by atoms with E-state index in [-0.39, 0.29) is 10.9 Å². The molecule has 122 valence electrons. The van der Waals surface area contributed by atoms with E-state index in [9.17, 15) is 13.2 Å². The quantitative estimate of drug-likeness (QED) is 0.669. The average molecular weight is 381 g/mol. The van der Waals surface area contributed by atoms with Crippen molar-refractivity contribution in [1.29, 1.82) is 0 Å². The van der Waals surface area contributed by atoms with Crippen molar-refractivity contribution in [1.82, 2.24) is 0 Å². The maximum absolute atomic E-state index is 12.1. The Hall–Kier alpha value is -1.70. The fraction of sp³-hybridized carbons (Fsp3) is 0.0714. The van der Waals surface area contributed by atoms with E-state index in [4.69, 9.17) is 35.4 Å². The minimum atomic E-state index is -4.72. The highest BCUT2D eigenvalue weighted by Crippen LogP contribution is 2.26. The van der Waals surface area contributed by atoms with Gasteiger partial charge in [-0.15, -0.1) is 13.2 Å². The summed E-state index contributed by atoms with van der Waals surface area (Å²) in [7, 11) is 0. The molecule has 0 atom stereocenters. The summed E-state index contributed by atoms with van der Waals surface area (Å²) in [6.45, 7) is 0. The summed E-state index contributed by atoms with van der Waals surface area (Å²) in [5.41, 5.74) is 1.12. The van der Waals surface area contributed by atoms with Gasteiger partial charge in [0.25, 0.3) is 0 Å². The Morgan fingerprint density at radius 2 is 1.48 bits per heavy atom. The van der Waals surface area contributed by atoms with Crippen molar-refractivity contribution in [2.75, 3.05) is 10.6 Å². The Morgan fingerprint density at radius 1 is 0.913 bits per heavy atom. The van der Waals surface area contributed by atoms with E-state index in [1.807, 2.05) is 0 Å². The van der Waals surface area contributed by atoms with Gasteiger partial charge >= 0.3 is 6.36 Å². The Labute approximate surface area is 145 Å². The van der Waals surface area contributed by atoms with Crippen molar-refractivity contribution in [3.8, 4) is 5.75 Å². The lowest BCUT2D eigenvalue weighted by Crippen LogP contribution is -2.19. The lowest BCUT2D eigenvalue weighted by atomic mass is 10.3. The SMILES string of the molecule is FC(F)(F)Oc1ccc(NC(=S)Nc2ccc(Cl)c(Cl)c2)cc1. The van der Waals surface area contributed by atoms with Crippen molar-refractivity contribution in [2.45, 2.75) is 6.36 Å². The van der Waals surface area contributed by atoms with Gasteiger partial charge in [-0.2, -0.15) is 0 Å². The lowest BCUT2D eigenvalue weighted by Gasteiger charge is -2.12. The summed E-state index contributed by atoms with van der Waals surface area (Å²) in [4.78, 5) is 0. The van der Waals surface area contributed by atoms with Gasteiger partial charge in [-0.1, -0.05) is 23.2 Å². The second kappa shape index (κ2) is 7.25. The summed E-state index contributed by atoms with van der Waals surface area (Å²) < 4.78 is 40.0. The van der Waals surface area contributed by atoms with Gasteiger partial charge in [0, 0.05) is 11.4 Å². The molecular formula is C14H9Cl2F3N2OS. The van der Waals surface area contributed by atoms with Gasteiger partial charge in [0.2, 0.25) is 0 Å². The molecule has 23 heavy (non-hydrogen) atoms. The standard InChI is InChI=1S/C14H9Cl2F3N2OS/c15-11-6-3-9(7-12(11)16)21-13(23)20-8-1-4-10(5-2-8)22-14(17,18)19/h1-7H,(H2,20,21,23). The Kier molecular flexibility index (Phi) is 5.56. The Morgan fingerprint density at radius 3 is 2.04 bits per heavy atom. The lowest BCUT2D eigenvalue weighted by molar-refractivity contribution is -0.274. The molecule has 0 unspecified atom stereocenters. The van der Waals surface area contributed by atoms with Crippen LogP contribution in [-0.2, 0) is 0 Å². The van der Waals surface area contributed by atoms with Gasteiger partial charge < -0.3 is 15.4 Å². The Balaban J connectivity index is 1.96. The van der Waals surface area contributed by atoms with Crippen molar-refractivity contribution < 1.29 is 17.9 Å². The van der Waals surface area contributed by atoms with Crippen LogP contribution in [0.4, 0.5) is 24.5 Å². The third-order valence-electron chi connectivity index (χ3n) is 2.52. The molecule has 2 aromatic rings. The molecule has 0 radical (unpaired) electrons. The fourth-order valence-electron chi connectivity index (χ4n) is 1.61. The van der Waals surface area contributed by atoms with E-state index < -0.39 is 6.36 Å². The van der Waals surface area contributed by atoms with Crippen molar-refractivity contribution in [3.05, 3.63) is 52.5 Å². The maximum atomic E-state index is 12.1. The molecule has 0 aliphatic rings. The van der Waals surface area contributed by atoms with E-state index in [1.165, 1.54) is 24.3 Å². The normalized spacial score (nSPS) is 11.0. The zero-order valence-electron chi connectivity index (χ0n) is 11.2. The molecule has 2 rings (SSSR count). The number of benzene rings is 2. The first-order chi connectivity index (χ1) is 10.7. The largest absolute Gasteiger partial charge is 0.573 e. The molecule has 2 aromatic carbocycles. The third-order valence-corrected chi connectivity index (χ3v) is 3.47. The number of anilines is 2. The van der Waals surface area contributed by atoms with Crippen LogP contribution in [-0.4, -0.2) is 11.5 Å². The topological polar surface area (TPSA) is 33.3 Å². The molecule has 0 bridgehead atoms. The number of alkyl halides is 3. The van der Waals surface area contributed by atoms with Gasteiger partial charge in [0.05, 0.1) is 10.0 Å².